The molecule has 6 nitrogen and oxygen atoms in total. The van der Waals surface area contributed by atoms with Crippen LogP contribution in [-0.2, 0) is 19.5 Å². The molecule has 0 unspecified atom stereocenters. The van der Waals surface area contributed by atoms with Crippen molar-refractivity contribution >= 4 is 0 Å². The van der Waals surface area contributed by atoms with E-state index in [0.29, 0.717) is 30.9 Å². The van der Waals surface area contributed by atoms with Gasteiger partial charge in [0.2, 0.25) is 0 Å². The summed E-state index contributed by atoms with van der Waals surface area (Å²) in [6, 6.07) is 10.2. The zero-order valence-electron chi connectivity index (χ0n) is 14.9. The lowest BCUT2D eigenvalue weighted by Crippen LogP contribution is -2.35. The Balaban J connectivity index is 1.48. The number of halogens is 2. The smallest absolute Gasteiger partial charge is 0.387 e. The van der Waals surface area contributed by atoms with Crippen LogP contribution in [-0.4, -0.2) is 33.0 Å². The lowest BCUT2D eigenvalue weighted by Gasteiger charge is -2.27. The van der Waals surface area contributed by atoms with Gasteiger partial charge in [-0.3, -0.25) is 14.7 Å². The molecule has 0 spiro atoms. The van der Waals surface area contributed by atoms with Gasteiger partial charge in [0.25, 0.3) is 5.56 Å². The fraction of sp³-hybridized carbons (Fsp3) is 0.250. The van der Waals surface area contributed by atoms with E-state index < -0.39 is 6.61 Å². The monoisotopic (exact) mass is 384 g/mol. The van der Waals surface area contributed by atoms with E-state index in [1.54, 1.807) is 30.6 Å². The van der Waals surface area contributed by atoms with Gasteiger partial charge in [0.1, 0.15) is 11.6 Å². The maximum Gasteiger partial charge on any atom is 0.387 e. The van der Waals surface area contributed by atoms with E-state index in [0.717, 1.165) is 23.4 Å². The summed E-state index contributed by atoms with van der Waals surface area (Å²) < 4.78 is 28.8. The number of aromatic nitrogens is 3. The van der Waals surface area contributed by atoms with Crippen LogP contribution >= 0.6 is 0 Å². The average Bonchev–Trinajstić information content (AvgIpc) is 2.70. The Bertz CT molecular complexity index is 1010. The molecule has 0 saturated carbocycles. The number of benzene rings is 1. The van der Waals surface area contributed by atoms with Gasteiger partial charge in [-0.2, -0.15) is 8.78 Å². The largest absolute Gasteiger partial charge is 0.435 e. The van der Waals surface area contributed by atoms with Crippen LogP contribution in [0.2, 0.25) is 0 Å². The molecule has 0 bridgehead atoms. The molecule has 0 radical (unpaired) electrons. The van der Waals surface area contributed by atoms with E-state index in [1.165, 1.54) is 12.1 Å². The van der Waals surface area contributed by atoms with E-state index in [-0.39, 0.29) is 11.3 Å². The van der Waals surface area contributed by atoms with Crippen molar-refractivity contribution in [2.45, 2.75) is 26.1 Å². The number of fused-ring (bicyclic) bond motifs is 1. The summed E-state index contributed by atoms with van der Waals surface area (Å²) in [5.74, 6) is 0.659. The highest BCUT2D eigenvalue weighted by Gasteiger charge is 2.21. The van der Waals surface area contributed by atoms with Gasteiger partial charge in [0.15, 0.2) is 0 Å². The van der Waals surface area contributed by atoms with Crippen LogP contribution in [0.3, 0.4) is 0 Å². The van der Waals surface area contributed by atoms with Crippen LogP contribution in [0.15, 0.2) is 53.6 Å². The first-order chi connectivity index (χ1) is 13.6. The third-order valence-electron chi connectivity index (χ3n) is 4.64. The van der Waals surface area contributed by atoms with Crippen LogP contribution < -0.4 is 10.3 Å². The number of pyridine rings is 1. The predicted molar refractivity (Wildman–Crippen MR) is 99.0 cm³/mol. The second kappa shape index (κ2) is 7.85. The summed E-state index contributed by atoms with van der Waals surface area (Å²) in [5, 5.41) is 0. The third kappa shape index (κ3) is 4.07. The number of alkyl halides is 2. The summed E-state index contributed by atoms with van der Waals surface area (Å²) >= 11 is 0. The highest BCUT2D eigenvalue weighted by molar-refractivity contribution is 5.53. The first-order valence-corrected chi connectivity index (χ1v) is 8.87. The molecule has 1 aliphatic heterocycles. The van der Waals surface area contributed by atoms with E-state index in [2.05, 4.69) is 24.6 Å². The van der Waals surface area contributed by atoms with E-state index >= 15 is 0 Å². The zero-order valence-corrected chi connectivity index (χ0v) is 14.9. The van der Waals surface area contributed by atoms with Crippen molar-refractivity contribution in [3.8, 4) is 17.1 Å². The Morgan fingerprint density at radius 2 is 2.04 bits per heavy atom. The molecule has 1 N–H and O–H groups in total. The molecule has 1 aliphatic rings. The zero-order chi connectivity index (χ0) is 19.5. The molecular weight excluding hydrogens is 366 g/mol. The normalized spacial score (nSPS) is 14.1. The van der Waals surface area contributed by atoms with Gasteiger partial charge in [-0.1, -0.05) is 12.1 Å². The first-order valence-electron chi connectivity index (χ1n) is 8.87. The molecule has 0 amide bonds. The standard InChI is InChI=1S/C20H18F2N4O2/c21-20(22)28-15-5-3-13(4-6-15)11-26-9-7-17-16(12-26)19(27)25-18(24-17)14-2-1-8-23-10-14/h1-6,8,10,20H,7,9,11-12H2,(H,24,25,27). The summed E-state index contributed by atoms with van der Waals surface area (Å²) in [7, 11) is 0. The quantitative estimate of drug-likeness (QED) is 0.732. The molecule has 4 rings (SSSR count). The second-order valence-electron chi connectivity index (χ2n) is 6.56. The van der Waals surface area contributed by atoms with Crippen LogP contribution in [0, 0.1) is 0 Å². The van der Waals surface area contributed by atoms with Crippen molar-refractivity contribution in [2.24, 2.45) is 0 Å². The highest BCUT2D eigenvalue weighted by atomic mass is 19.3. The van der Waals surface area contributed by atoms with E-state index in [9.17, 15) is 13.6 Å². The topological polar surface area (TPSA) is 71.1 Å². The SMILES string of the molecule is O=c1[nH]c(-c2cccnc2)nc2c1CN(Cc1ccc(OC(F)F)cc1)CC2. The Hall–Kier alpha value is -3.13. The summed E-state index contributed by atoms with van der Waals surface area (Å²) in [4.78, 5) is 26.2. The van der Waals surface area contributed by atoms with Crippen molar-refractivity contribution in [1.82, 2.24) is 19.9 Å². The maximum atomic E-state index is 12.6. The fourth-order valence-electron chi connectivity index (χ4n) is 3.29. The van der Waals surface area contributed by atoms with Gasteiger partial charge in [-0.25, -0.2) is 4.98 Å². The summed E-state index contributed by atoms with van der Waals surface area (Å²) in [6.07, 6.45) is 4.00. The molecule has 0 fully saturated rings. The number of nitrogens with one attached hydrogen (secondary N) is 1. The van der Waals surface area contributed by atoms with Crippen molar-refractivity contribution in [1.29, 1.82) is 0 Å². The van der Waals surface area contributed by atoms with Crippen LogP contribution in [0.5, 0.6) is 5.75 Å². The van der Waals surface area contributed by atoms with Gasteiger partial charge >= 0.3 is 6.61 Å². The number of H-pyrrole nitrogens is 1. The minimum absolute atomic E-state index is 0.131. The van der Waals surface area contributed by atoms with Crippen LogP contribution in [0.4, 0.5) is 8.78 Å². The molecule has 3 heterocycles. The number of hydrogen-bond acceptors (Lipinski definition) is 5. The second-order valence-corrected chi connectivity index (χ2v) is 6.56. The molecule has 0 atom stereocenters. The van der Waals surface area contributed by atoms with Gasteiger partial charge in [0.05, 0.1) is 11.3 Å². The Morgan fingerprint density at radius 3 is 2.75 bits per heavy atom. The fourth-order valence-corrected chi connectivity index (χ4v) is 3.29. The molecule has 0 aliphatic carbocycles. The van der Waals surface area contributed by atoms with Gasteiger partial charge in [-0.15, -0.1) is 0 Å². The highest BCUT2D eigenvalue weighted by Crippen LogP contribution is 2.21. The van der Waals surface area contributed by atoms with Crippen LogP contribution in [0.1, 0.15) is 16.8 Å². The number of nitrogens with zero attached hydrogens (tertiary/aromatic N) is 3. The van der Waals surface area contributed by atoms with Crippen molar-refractivity contribution in [2.75, 3.05) is 6.54 Å². The van der Waals surface area contributed by atoms with Crippen molar-refractivity contribution in [3.05, 3.63) is 76.0 Å². The minimum atomic E-state index is -2.83. The number of ether oxygens (including phenoxy) is 1. The Morgan fingerprint density at radius 1 is 1.21 bits per heavy atom. The van der Waals surface area contributed by atoms with Crippen molar-refractivity contribution < 1.29 is 13.5 Å². The molecule has 3 aromatic rings. The Kier molecular flexibility index (Phi) is 5.12. The molecule has 0 saturated heterocycles. The summed E-state index contributed by atoms with van der Waals surface area (Å²) in [5.41, 5.74) is 3.06. The van der Waals surface area contributed by atoms with Gasteiger partial charge < -0.3 is 9.72 Å². The molecule has 28 heavy (non-hydrogen) atoms. The number of hydrogen-bond donors (Lipinski definition) is 1. The Labute approximate surface area is 159 Å². The first kappa shape index (κ1) is 18.2. The minimum Gasteiger partial charge on any atom is -0.435 e. The van der Waals surface area contributed by atoms with E-state index in [4.69, 9.17) is 0 Å². The third-order valence-corrected chi connectivity index (χ3v) is 4.64. The molecule has 144 valence electrons. The predicted octanol–water partition coefficient (Wildman–Crippen LogP) is 2.99. The van der Waals surface area contributed by atoms with Crippen LogP contribution in [0.25, 0.3) is 11.4 Å². The van der Waals surface area contributed by atoms with Gasteiger partial charge in [0, 0.05) is 44.0 Å². The lowest BCUT2D eigenvalue weighted by atomic mass is 10.1. The number of rotatable bonds is 5. The van der Waals surface area contributed by atoms with Crippen molar-refractivity contribution in [3.63, 3.8) is 0 Å². The number of aromatic amines is 1. The maximum absolute atomic E-state index is 12.6. The van der Waals surface area contributed by atoms with Gasteiger partial charge in [-0.05, 0) is 29.8 Å². The molecule has 1 aromatic carbocycles. The molecular formula is C20H18F2N4O2. The average molecular weight is 384 g/mol. The lowest BCUT2D eigenvalue weighted by molar-refractivity contribution is -0.0498. The summed E-state index contributed by atoms with van der Waals surface area (Å²) in [6.45, 7) is -0.982. The van der Waals surface area contributed by atoms with E-state index in [1.807, 2.05) is 6.07 Å². The molecule has 8 heteroatoms. The molecule has 2 aromatic heterocycles.